The number of anilines is 1. The topological polar surface area (TPSA) is 106 Å². The van der Waals surface area contributed by atoms with Crippen LogP contribution < -0.4 is 10.1 Å². The fourth-order valence-electron chi connectivity index (χ4n) is 3.10. The first kappa shape index (κ1) is 18.1. The third-order valence-corrected chi connectivity index (χ3v) is 4.55. The first-order valence-corrected chi connectivity index (χ1v) is 8.20. The standard InChI is InChI=1S/C18H15F2N3O5/c1-26-18(7-27-8-18)10-6-22-16-14(10)13(2-3-21-16)28-15-11(19)4-9(5-12(15)20)23-17(24)25/h2-6,23H,7-8H2,1H3,(H,21,22)(H,24,25). The van der Waals surface area contributed by atoms with Gasteiger partial charge < -0.3 is 24.3 Å². The Balaban J connectivity index is 1.77. The summed E-state index contributed by atoms with van der Waals surface area (Å²) in [6.45, 7) is 0.645. The summed E-state index contributed by atoms with van der Waals surface area (Å²) in [6, 6.07) is 3.14. The number of fused-ring (bicyclic) bond motifs is 1. The van der Waals surface area contributed by atoms with Gasteiger partial charge in [-0.1, -0.05) is 0 Å². The van der Waals surface area contributed by atoms with E-state index in [-0.39, 0.29) is 11.4 Å². The predicted molar refractivity (Wildman–Crippen MR) is 93.7 cm³/mol. The van der Waals surface area contributed by atoms with Gasteiger partial charge in [0.2, 0.25) is 0 Å². The molecule has 10 heteroatoms. The number of rotatable bonds is 5. The van der Waals surface area contributed by atoms with E-state index in [4.69, 9.17) is 19.3 Å². The van der Waals surface area contributed by atoms with Crippen molar-refractivity contribution in [2.75, 3.05) is 25.6 Å². The van der Waals surface area contributed by atoms with Gasteiger partial charge in [-0.2, -0.15) is 0 Å². The number of aromatic amines is 1. The number of halogens is 2. The summed E-state index contributed by atoms with van der Waals surface area (Å²) in [5.41, 5.74) is 0.207. The molecule has 1 aliphatic rings. The predicted octanol–water partition coefficient (Wildman–Crippen LogP) is 3.60. The maximum absolute atomic E-state index is 14.4. The second-order valence-corrected chi connectivity index (χ2v) is 6.23. The lowest BCUT2D eigenvalue weighted by Gasteiger charge is -2.39. The van der Waals surface area contributed by atoms with E-state index in [1.54, 1.807) is 13.3 Å². The van der Waals surface area contributed by atoms with Crippen LogP contribution in [0.5, 0.6) is 11.5 Å². The first-order valence-electron chi connectivity index (χ1n) is 8.20. The Bertz CT molecular complexity index is 1040. The number of nitrogens with one attached hydrogen (secondary N) is 2. The molecule has 28 heavy (non-hydrogen) atoms. The molecule has 3 aromatic rings. The van der Waals surface area contributed by atoms with Gasteiger partial charge in [0, 0.05) is 37.2 Å². The van der Waals surface area contributed by atoms with Gasteiger partial charge in [0.1, 0.15) is 17.0 Å². The Labute approximate surface area is 157 Å². The minimum Gasteiger partial charge on any atom is -0.465 e. The van der Waals surface area contributed by atoms with Crippen molar-refractivity contribution in [2.24, 2.45) is 0 Å². The van der Waals surface area contributed by atoms with E-state index in [1.165, 1.54) is 12.3 Å². The Morgan fingerprint density at radius 1 is 1.36 bits per heavy atom. The minimum absolute atomic E-state index is 0.168. The van der Waals surface area contributed by atoms with Gasteiger partial charge in [-0.3, -0.25) is 5.32 Å². The molecule has 0 aliphatic carbocycles. The third-order valence-electron chi connectivity index (χ3n) is 4.55. The number of nitrogens with zero attached hydrogens (tertiary/aromatic N) is 1. The summed E-state index contributed by atoms with van der Waals surface area (Å²) in [4.78, 5) is 17.9. The molecule has 1 aromatic carbocycles. The van der Waals surface area contributed by atoms with E-state index >= 15 is 0 Å². The van der Waals surface area contributed by atoms with Crippen molar-refractivity contribution in [3.05, 3.63) is 47.8 Å². The molecule has 1 saturated heterocycles. The minimum atomic E-state index is -1.44. The van der Waals surface area contributed by atoms with Crippen molar-refractivity contribution in [1.82, 2.24) is 9.97 Å². The van der Waals surface area contributed by atoms with Gasteiger partial charge in [-0.05, 0) is 6.07 Å². The number of carboxylic acid groups (broad SMARTS) is 1. The number of aromatic nitrogens is 2. The molecule has 4 rings (SSSR count). The molecule has 8 nitrogen and oxygen atoms in total. The summed E-state index contributed by atoms with van der Waals surface area (Å²) in [5.74, 6) is -2.60. The SMILES string of the molecule is COC1(c2c[nH]c3nccc(Oc4c(F)cc(NC(=O)O)cc4F)c23)COC1. The quantitative estimate of drug-likeness (QED) is 0.614. The Kier molecular flexibility index (Phi) is 4.36. The third kappa shape index (κ3) is 2.92. The van der Waals surface area contributed by atoms with Gasteiger partial charge in [0.15, 0.2) is 17.4 Å². The van der Waals surface area contributed by atoms with Gasteiger partial charge in [-0.15, -0.1) is 0 Å². The molecule has 0 unspecified atom stereocenters. The van der Waals surface area contributed by atoms with E-state index in [9.17, 15) is 13.6 Å². The number of ether oxygens (including phenoxy) is 3. The fourth-order valence-corrected chi connectivity index (χ4v) is 3.10. The number of methoxy groups -OCH3 is 1. The molecule has 2 aromatic heterocycles. The van der Waals surface area contributed by atoms with Crippen LogP contribution >= 0.6 is 0 Å². The Hall–Kier alpha value is -3.24. The van der Waals surface area contributed by atoms with Crippen molar-refractivity contribution < 1.29 is 32.9 Å². The van der Waals surface area contributed by atoms with Crippen molar-refractivity contribution in [3.63, 3.8) is 0 Å². The lowest BCUT2D eigenvalue weighted by molar-refractivity contribution is -0.201. The molecule has 3 N–H and O–H groups in total. The molecule has 0 atom stereocenters. The highest BCUT2D eigenvalue weighted by Gasteiger charge is 2.43. The first-order chi connectivity index (χ1) is 13.4. The number of hydrogen-bond acceptors (Lipinski definition) is 5. The van der Waals surface area contributed by atoms with Crippen molar-refractivity contribution in [2.45, 2.75) is 5.60 Å². The summed E-state index contributed by atoms with van der Waals surface area (Å²) in [6.07, 6.45) is 1.70. The zero-order valence-electron chi connectivity index (χ0n) is 14.6. The van der Waals surface area contributed by atoms with E-state index in [0.717, 1.165) is 12.1 Å². The second kappa shape index (κ2) is 6.73. The van der Waals surface area contributed by atoms with Crippen molar-refractivity contribution in [3.8, 4) is 11.5 Å². The molecular formula is C18H15F2N3O5. The Morgan fingerprint density at radius 2 is 2.07 bits per heavy atom. The molecular weight excluding hydrogens is 376 g/mol. The van der Waals surface area contributed by atoms with E-state index in [0.29, 0.717) is 29.8 Å². The average Bonchev–Trinajstić information content (AvgIpc) is 3.02. The van der Waals surface area contributed by atoms with Gasteiger partial charge in [0.25, 0.3) is 0 Å². The molecule has 0 saturated carbocycles. The zero-order chi connectivity index (χ0) is 19.9. The van der Waals surface area contributed by atoms with Crippen molar-refractivity contribution >= 4 is 22.8 Å². The molecule has 1 fully saturated rings. The van der Waals surface area contributed by atoms with Crippen LogP contribution in [0.25, 0.3) is 11.0 Å². The average molecular weight is 391 g/mol. The summed E-state index contributed by atoms with van der Waals surface area (Å²) < 4.78 is 45.2. The molecule has 0 spiro atoms. The summed E-state index contributed by atoms with van der Waals surface area (Å²) in [7, 11) is 1.55. The molecule has 146 valence electrons. The van der Waals surface area contributed by atoms with Crippen molar-refractivity contribution in [1.29, 1.82) is 0 Å². The fraction of sp³-hybridized carbons (Fsp3) is 0.222. The van der Waals surface area contributed by atoms with Crippen LogP contribution in [0.3, 0.4) is 0 Å². The van der Waals surface area contributed by atoms with Crippen LogP contribution in [0.2, 0.25) is 0 Å². The molecule has 0 radical (unpaired) electrons. The van der Waals surface area contributed by atoms with Crippen LogP contribution in [0.15, 0.2) is 30.6 Å². The summed E-state index contributed by atoms with van der Waals surface area (Å²) >= 11 is 0. The van der Waals surface area contributed by atoms with Gasteiger partial charge >= 0.3 is 6.09 Å². The highest BCUT2D eigenvalue weighted by molar-refractivity contribution is 5.88. The number of pyridine rings is 1. The number of benzene rings is 1. The molecule has 1 amide bonds. The summed E-state index contributed by atoms with van der Waals surface area (Å²) in [5, 5.41) is 11.1. The molecule has 3 heterocycles. The highest BCUT2D eigenvalue weighted by atomic mass is 19.1. The lowest BCUT2D eigenvalue weighted by Crippen LogP contribution is -2.48. The maximum Gasteiger partial charge on any atom is 0.409 e. The van der Waals surface area contributed by atoms with Gasteiger partial charge in [-0.25, -0.2) is 18.6 Å². The zero-order valence-corrected chi connectivity index (χ0v) is 14.6. The second-order valence-electron chi connectivity index (χ2n) is 6.23. The van der Waals surface area contributed by atoms with Crippen LogP contribution in [-0.2, 0) is 15.1 Å². The number of hydrogen-bond donors (Lipinski definition) is 3. The molecule has 1 aliphatic heterocycles. The normalized spacial score (nSPS) is 15.2. The van der Waals surface area contributed by atoms with Crippen LogP contribution in [-0.4, -0.2) is 41.5 Å². The van der Waals surface area contributed by atoms with E-state index in [1.807, 2.05) is 5.32 Å². The van der Waals surface area contributed by atoms with Crippen LogP contribution in [0, 0.1) is 11.6 Å². The van der Waals surface area contributed by atoms with E-state index < -0.39 is 29.1 Å². The largest absolute Gasteiger partial charge is 0.465 e. The number of amides is 1. The molecule has 0 bridgehead atoms. The highest BCUT2D eigenvalue weighted by Crippen LogP contribution is 2.42. The van der Waals surface area contributed by atoms with Gasteiger partial charge in [0.05, 0.1) is 24.3 Å². The smallest absolute Gasteiger partial charge is 0.409 e. The Morgan fingerprint density at radius 3 is 2.64 bits per heavy atom. The number of H-pyrrole nitrogens is 1. The van der Waals surface area contributed by atoms with Crippen LogP contribution in [0.4, 0.5) is 19.3 Å². The van der Waals surface area contributed by atoms with Crippen LogP contribution in [0.1, 0.15) is 5.56 Å². The maximum atomic E-state index is 14.4. The monoisotopic (exact) mass is 391 g/mol. The number of carbonyl (C=O) groups is 1. The van der Waals surface area contributed by atoms with E-state index in [2.05, 4.69) is 9.97 Å². The lowest BCUT2D eigenvalue weighted by atomic mass is 9.91.